The Morgan fingerprint density at radius 1 is 1.16 bits per heavy atom. The Hall–Kier alpha value is -1.61. The van der Waals surface area contributed by atoms with Gasteiger partial charge in [-0.25, -0.2) is 0 Å². The van der Waals surface area contributed by atoms with Gasteiger partial charge in [0.25, 0.3) is 0 Å². The summed E-state index contributed by atoms with van der Waals surface area (Å²) in [4.78, 5) is 0. The van der Waals surface area contributed by atoms with Crippen LogP contribution in [0.3, 0.4) is 0 Å². The first-order valence-corrected chi connectivity index (χ1v) is 6.89. The van der Waals surface area contributed by atoms with Crippen LogP contribution in [0, 0.1) is 12.8 Å². The molecule has 0 aliphatic heterocycles. The van der Waals surface area contributed by atoms with E-state index in [4.69, 9.17) is 0 Å². The van der Waals surface area contributed by atoms with E-state index in [1.807, 2.05) is 10.9 Å². The molecule has 0 saturated heterocycles. The lowest BCUT2D eigenvalue weighted by Crippen LogP contribution is -2.12. The normalized spacial score (nSPS) is 12.6. The number of hydrogen-bond donors (Lipinski definition) is 1. The van der Waals surface area contributed by atoms with Crippen molar-refractivity contribution in [2.24, 2.45) is 5.92 Å². The minimum Gasteiger partial charge on any atom is -0.396 e. The van der Waals surface area contributed by atoms with E-state index >= 15 is 0 Å². The molecule has 102 valence electrons. The molecule has 1 heterocycles. The second-order valence-corrected chi connectivity index (χ2v) is 5.15. The zero-order valence-electron chi connectivity index (χ0n) is 11.7. The van der Waals surface area contributed by atoms with E-state index < -0.39 is 0 Å². The Kier molecular flexibility index (Phi) is 4.74. The molecule has 2 rings (SSSR count). The van der Waals surface area contributed by atoms with Gasteiger partial charge in [0.1, 0.15) is 0 Å². The van der Waals surface area contributed by atoms with Gasteiger partial charge in [0.05, 0.1) is 6.20 Å². The fourth-order valence-electron chi connectivity index (χ4n) is 2.28. The summed E-state index contributed by atoms with van der Waals surface area (Å²) in [5.74, 6) is 0.261. The summed E-state index contributed by atoms with van der Waals surface area (Å²) in [5.41, 5.74) is 3.76. The molecule has 0 bridgehead atoms. The molecule has 3 nitrogen and oxygen atoms in total. The van der Waals surface area contributed by atoms with Gasteiger partial charge in [-0.15, -0.1) is 0 Å². The van der Waals surface area contributed by atoms with Crippen molar-refractivity contribution in [1.29, 1.82) is 0 Å². The lowest BCUT2D eigenvalue weighted by Gasteiger charge is -2.13. The lowest BCUT2D eigenvalue weighted by molar-refractivity contribution is 0.225. The van der Waals surface area contributed by atoms with Crippen LogP contribution in [0.1, 0.15) is 23.6 Å². The first-order chi connectivity index (χ1) is 9.21. The summed E-state index contributed by atoms with van der Waals surface area (Å²) in [6, 6.07) is 8.54. The molecule has 0 amide bonds. The van der Waals surface area contributed by atoms with E-state index in [2.05, 4.69) is 49.4 Å². The second kappa shape index (κ2) is 6.53. The van der Waals surface area contributed by atoms with Crippen molar-refractivity contribution in [3.05, 3.63) is 53.3 Å². The van der Waals surface area contributed by atoms with Crippen LogP contribution in [0.4, 0.5) is 0 Å². The third-order valence-corrected chi connectivity index (χ3v) is 3.44. The molecule has 1 N–H and O–H groups in total. The topological polar surface area (TPSA) is 38.0 Å². The van der Waals surface area contributed by atoms with Crippen LogP contribution in [0.25, 0.3) is 0 Å². The van der Waals surface area contributed by atoms with Crippen LogP contribution in [-0.4, -0.2) is 21.5 Å². The number of nitrogens with zero attached hydrogens (tertiary/aromatic N) is 2. The van der Waals surface area contributed by atoms with Crippen molar-refractivity contribution in [2.75, 3.05) is 6.61 Å². The van der Waals surface area contributed by atoms with Crippen molar-refractivity contribution in [2.45, 2.75) is 33.2 Å². The molecule has 1 aromatic carbocycles. The number of aliphatic hydroxyl groups is 1. The number of aryl methyl sites for hydroxylation is 2. The SMILES string of the molecule is CCn1cc(CC(CO)Cc2ccc(C)cc2)cn1. The highest BCUT2D eigenvalue weighted by atomic mass is 16.3. The first-order valence-electron chi connectivity index (χ1n) is 6.89. The third kappa shape index (κ3) is 3.93. The molecule has 0 saturated carbocycles. The lowest BCUT2D eigenvalue weighted by atomic mass is 9.94. The fraction of sp³-hybridized carbons (Fsp3) is 0.438. The molecule has 0 spiro atoms. The maximum Gasteiger partial charge on any atom is 0.0521 e. The molecule has 0 radical (unpaired) electrons. The van der Waals surface area contributed by atoms with Crippen LogP contribution in [0.2, 0.25) is 0 Å². The molecule has 19 heavy (non-hydrogen) atoms. The van der Waals surface area contributed by atoms with E-state index in [0.29, 0.717) is 0 Å². The zero-order valence-corrected chi connectivity index (χ0v) is 11.7. The molecule has 1 aromatic heterocycles. The van der Waals surface area contributed by atoms with Gasteiger partial charge in [-0.1, -0.05) is 29.8 Å². The molecule has 0 aliphatic rings. The van der Waals surface area contributed by atoms with Crippen LogP contribution in [0.15, 0.2) is 36.7 Å². The predicted octanol–water partition coefficient (Wildman–Crippen LogP) is 2.61. The molecular weight excluding hydrogens is 236 g/mol. The molecular formula is C16H22N2O. The number of aromatic nitrogens is 2. The van der Waals surface area contributed by atoms with Gasteiger partial charge in [-0.3, -0.25) is 4.68 Å². The molecule has 0 fully saturated rings. The van der Waals surface area contributed by atoms with Crippen LogP contribution < -0.4 is 0 Å². The van der Waals surface area contributed by atoms with Gasteiger partial charge >= 0.3 is 0 Å². The van der Waals surface area contributed by atoms with E-state index in [0.717, 1.165) is 19.4 Å². The Labute approximate surface area is 114 Å². The highest BCUT2D eigenvalue weighted by molar-refractivity contribution is 5.22. The number of rotatable bonds is 6. The summed E-state index contributed by atoms with van der Waals surface area (Å²) < 4.78 is 1.93. The monoisotopic (exact) mass is 258 g/mol. The average Bonchev–Trinajstić information content (AvgIpc) is 2.88. The Morgan fingerprint density at radius 2 is 1.84 bits per heavy atom. The average molecular weight is 258 g/mol. The van der Waals surface area contributed by atoms with Gasteiger partial charge in [-0.2, -0.15) is 5.10 Å². The highest BCUT2D eigenvalue weighted by Crippen LogP contribution is 2.15. The largest absolute Gasteiger partial charge is 0.396 e. The Bertz CT molecular complexity index is 502. The first kappa shape index (κ1) is 13.8. The smallest absolute Gasteiger partial charge is 0.0521 e. The van der Waals surface area contributed by atoms with Gasteiger partial charge < -0.3 is 5.11 Å². The predicted molar refractivity (Wildman–Crippen MR) is 77.1 cm³/mol. The van der Waals surface area contributed by atoms with Crippen LogP contribution in [0.5, 0.6) is 0 Å². The maximum absolute atomic E-state index is 9.54. The van der Waals surface area contributed by atoms with E-state index in [1.54, 1.807) is 0 Å². The Balaban J connectivity index is 1.98. The standard InChI is InChI=1S/C16H22N2O/c1-3-18-11-16(10-17-18)9-15(12-19)8-14-6-4-13(2)5-7-14/h4-7,10-11,15,19H,3,8-9,12H2,1-2H3. The molecule has 1 unspecified atom stereocenters. The molecule has 3 heteroatoms. The highest BCUT2D eigenvalue weighted by Gasteiger charge is 2.11. The third-order valence-electron chi connectivity index (χ3n) is 3.44. The summed E-state index contributed by atoms with van der Waals surface area (Å²) >= 11 is 0. The zero-order chi connectivity index (χ0) is 13.7. The van der Waals surface area contributed by atoms with Gasteiger partial charge in [0.2, 0.25) is 0 Å². The minimum absolute atomic E-state index is 0.213. The molecule has 1 atom stereocenters. The van der Waals surface area contributed by atoms with Crippen molar-refractivity contribution < 1.29 is 5.11 Å². The van der Waals surface area contributed by atoms with E-state index in [9.17, 15) is 5.11 Å². The van der Waals surface area contributed by atoms with Gasteiger partial charge in [0, 0.05) is 19.3 Å². The number of aliphatic hydroxyl groups excluding tert-OH is 1. The van der Waals surface area contributed by atoms with E-state index in [-0.39, 0.29) is 12.5 Å². The summed E-state index contributed by atoms with van der Waals surface area (Å²) in [6.45, 7) is 5.27. The van der Waals surface area contributed by atoms with E-state index in [1.165, 1.54) is 16.7 Å². The molecule has 0 aliphatic carbocycles. The van der Waals surface area contributed by atoms with Crippen LogP contribution in [-0.2, 0) is 19.4 Å². The minimum atomic E-state index is 0.213. The van der Waals surface area contributed by atoms with Gasteiger partial charge in [0.15, 0.2) is 0 Å². The second-order valence-electron chi connectivity index (χ2n) is 5.15. The number of hydrogen-bond acceptors (Lipinski definition) is 2. The maximum atomic E-state index is 9.54. The van der Waals surface area contributed by atoms with Gasteiger partial charge in [-0.05, 0) is 43.7 Å². The van der Waals surface area contributed by atoms with Crippen molar-refractivity contribution in [3.8, 4) is 0 Å². The quantitative estimate of drug-likeness (QED) is 0.865. The molecule has 2 aromatic rings. The fourth-order valence-corrected chi connectivity index (χ4v) is 2.28. The summed E-state index contributed by atoms with van der Waals surface area (Å²) in [6.07, 6.45) is 5.76. The summed E-state index contributed by atoms with van der Waals surface area (Å²) in [7, 11) is 0. The van der Waals surface area contributed by atoms with Crippen LogP contribution >= 0.6 is 0 Å². The number of benzene rings is 1. The van der Waals surface area contributed by atoms with Crippen molar-refractivity contribution in [3.63, 3.8) is 0 Å². The summed E-state index contributed by atoms with van der Waals surface area (Å²) in [5, 5.41) is 13.8. The van der Waals surface area contributed by atoms with Crippen molar-refractivity contribution in [1.82, 2.24) is 9.78 Å². The Morgan fingerprint density at radius 3 is 2.42 bits per heavy atom. The van der Waals surface area contributed by atoms with Crippen molar-refractivity contribution >= 4 is 0 Å².